The minimum atomic E-state index is -4.25. The zero-order valence-electron chi connectivity index (χ0n) is 12.7. The molecule has 3 rings (SSSR count). The fourth-order valence-corrected chi connectivity index (χ4v) is 3.18. The molecule has 0 aliphatic carbocycles. The molecule has 0 aliphatic heterocycles. The molecule has 2 aromatic carbocycles. The molecule has 1 heterocycles. The van der Waals surface area contributed by atoms with E-state index in [4.69, 9.17) is 4.74 Å². The Morgan fingerprint density at radius 3 is 2.20 bits per heavy atom. The van der Waals surface area contributed by atoms with Gasteiger partial charge >= 0.3 is 0 Å². The highest BCUT2D eigenvalue weighted by atomic mass is 32.2. The summed E-state index contributed by atoms with van der Waals surface area (Å²) in [5, 5.41) is 0. The molecule has 8 heteroatoms. The summed E-state index contributed by atoms with van der Waals surface area (Å²) in [4.78, 5) is 3.11. The molecule has 0 unspecified atom stereocenters. The minimum Gasteiger partial charge on any atom is -0.457 e. The third kappa shape index (κ3) is 4.10. The van der Waals surface area contributed by atoms with Crippen LogP contribution in [0.3, 0.4) is 0 Å². The van der Waals surface area contributed by atoms with Crippen molar-refractivity contribution < 1.29 is 21.9 Å². The van der Waals surface area contributed by atoms with Crippen molar-refractivity contribution in [2.24, 2.45) is 0 Å². The highest BCUT2D eigenvalue weighted by molar-refractivity contribution is 7.92. The molecule has 3 aromatic rings. The smallest absolute Gasteiger partial charge is 0.264 e. The lowest BCUT2D eigenvalue weighted by Gasteiger charge is -2.10. The van der Waals surface area contributed by atoms with Crippen molar-refractivity contribution in [1.29, 1.82) is 0 Å². The Kier molecular flexibility index (Phi) is 4.62. The van der Waals surface area contributed by atoms with Crippen LogP contribution in [0.5, 0.6) is 11.5 Å². The molecule has 0 atom stereocenters. The number of hydrogen-bond acceptors (Lipinski definition) is 4. The van der Waals surface area contributed by atoms with Gasteiger partial charge in [-0.25, -0.2) is 17.2 Å². The summed E-state index contributed by atoms with van der Waals surface area (Å²) in [7, 11) is -4.25. The quantitative estimate of drug-likeness (QED) is 0.746. The van der Waals surface area contributed by atoms with Crippen LogP contribution in [0.1, 0.15) is 0 Å². The fourth-order valence-electron chi connectivity index (χ4n) is 2.03. The van der Waals surface area contributed by atoms with Gasteiger partial charge in [0.25, 0.3) is 10.0 Å². The molecular weight excluding hydrogens is 350 g/mol. The van der Waals surface area contributed by atoms with Crippen molar-refractivity contribution in [1.82, 2.24) is 4.98 Å². The van der Waals surface area contributed by atoms with Crippen molar-refractivity contribution in [2.45, 2.75) is 4.90 Å². The molecule has 0 radical (unpaired) electrons. The van der Waals surface area contributed by atoms with Gasteiger partial charge in [-0.15, -0.1) is 0 Å². The molecule has 0 bridgehead atoms. The molecule has 25 heavy (non-hydrogen) atoms. The van der Waals surface area contributed by atoms with Gasteiger partial charge in [-0.05, 0) is 54.6 Å². The Balaban J connectivity index is 1.78. The number of nitrogens with zero attached hydrogens (tertiary/aromatic N) is 1. The summed E-state index contributed by atoms with van der Waals surface area (Å²) >= 11 is 0. The second kappa shape index (κ2) is 6.86. The van der Waals surface area contributed by atoms with E-state index < -0.39 is 26.6 Å². The summed E-state index contributed by atoms with van der Waals surface area (Å²) in [5.74, 6) is -0.828. The van der Waals surface area contributed by atoms with Gasteiger partial charge in [0.2, 0.25) is 0 Å². The maximum absolute atomic E-state index is 13.7. The molecule has 0 amide bonds. The van der Waals surface area contributed by atoms with Crippen LogP contribution in [0.2, 0.25) is 0 Å². The van der Waals surface area contributed by atoms with Gasteiger partial charge in [0.05, 0.1) is 0 Å². The largest absolute Gasteiger partial charge is 0.457 e. The summed E-state index contributed by atoms with van der Waals surface area (Å²) < 4.78 is 59.0. The predicted molar refractivity (Wildman–Crippen MR) is 87.9 cm³/mol. The third-order valence-corrected chi connectivity index (χ3v) is 4.57. The van der Waals surface area contributed by atoms with Crippen molar-refractivity contribution in [3.05, 3.63) is 78.6 Å². The molecule has 1 aromatic heterocycles. The number of nitrogens with one attached hydrogen (secondary N) is 1. The summed E-state index contributed by atoms with van der Waals surface area (Å²) in [5.41, 5.74) is 0.186. The van der Waals surface area contributed by atoms with Gasteiger partial charge in [0.1, 0.15) is 28.0 Å². The maximum atomic E-state index is 13.7. The van der Waals surface area contributed by atoms with Crippen molar-refractivity contribution >= 4 is 15.7 Å². The molecule has 0 saturated heterocycles. The van der Waals surface area contributed by atoms with Crippen molar-refractivity contribution in [3.63, 3.8) is 0 Å². The van der Waals surface area contributed by atoms with E-state index in [-0.39, 0.29) is 5.69 Å². The lowest BCUT2D eigenvalue weighted by atomic mass is 10.3. The van der Waals surface area contributed by atoms with Crippen LogP contribution in [0.25, 0.3) is 0 Å². The number of aromatic nitrogens is 1. The summed E-state index contributed by atoms with van der Waals surface area (Å²) in [6.45, 7) is 0. The topological polar surface area (TPSA) is 68.3 Å². The first-order chi connectivity index (χ1) is 11.9. The highest BCUT2D eigenvalue weighted by Gasteiger charge is 2.20. The van der Waals surface area contributed by atoms with E-state index in [2.05, 4.69) is 9.71 Å². The van der Waals surface area contributed by atoms with Crippen LogP contribution in [-0.4, -0.2) is 13.4 Å². The van der Waals surface area contributed by atoms with Crippen LogP contribution < -0.4 is 9.46 Å². The lowest BCUT2D eigenvalue weighted by molar-refractivity contribution is 0.482. The van der Waals surface area contributed by atoms with Gasteiger partial charge in [0, 0.05) is 18.1 Å². The van der Waals surface area contributed by atoms with Crippen LogP contribution >= 0.6 is 0 Å². The van der Waals surface area contributed by atoms with Crippen molar-refractivity contribution in [3.8, 4) is 11.5 Å². The van der Waals surface area contributed by atoms with Crippen LogP contribution in [0.4, 0.5) is 14.5 Å². The monoisotopic (exact) mass is 362 g/mol. The predicted octanol–water partition coefficient (Wildman–Crippen LogP) is 3.95. The minimum absolute atomic E-state index is 0.186. The number of halogens is 2. The Morgan fingerprint density at radius 1 is 0.880 bits per heavy atom. The first-order valence-corrected chi connectivity index (χ1v) is 8.58. The normalized spacial score (nSPS) is 11.1. The molecule has 0 spiro atoms. The molecule has 128 valence electrons. The molecule has 0 saturated carbocycles. The van der Waals surface area contributed by atoms with Crippen molar-refractivity contribution in [2.75, 3.05) is 4.72 Å². The number of benzene rings is 2. The van der Waals surface area contributed by atoms with Crippen LogP contribution in [-0.2, 0) is 10.0 Å². The molecule has 0 fully saturated rings. The number of sulfonamides is 1. The number of hydrogen-bond donors (Lipinski definition) is 1. The van der Waals surface area contributed by atoms with E-state index in [1.165, 1.54) is 12.1 Å². The van der Waals surface area contributed by atoms with Gasteiger partial charge < -0.3 is 4.74 Å². The van der Waals surface area contributed by atoms with E-state index in [0.717, 1.165) is 12.1 Å². The van der Waals surface area contributed by atoms with E-state index in [1.807, 2.05) is 0 Å². The fraction of sp³-hybridized carbons (Fsp3) is 0. The Bertz CT molecular complexity index is 979. The molecular formula is C17H12F2N2O3S. The van der Waals surface area contributed by atoms with Gasteiger partial charge in [-0.1, -0.05) is 0 Å². The number of anilines is 1. The Hall–Kier alpha value is -3.00. The second-order valence-electron chi connectivity index (χ2n) is 4.99. The molecule has 5 nitrogen and oxygen atoms in total. The average molecular weight is 362 g/mol. The Morgan fingerprint density at radius 2 is 1.52 bits per heavy atom. The lowest BCUT2D eigenvalue weighted by Crippen LogP contribution is -2.14. The van der Waals surface area contributed by atoms with Crippen LogP contribution in [0.15, 0.2) is 71.9 Å². The first kappa shape index (κ1) is 16.8. The highest BCUT2D eigenvalue weighted by Crippen LogP contribution is 2.24. The van der Waals surface area contributed by atoms with E-state index in [0.29, 0.717) is 17.6 Å². The zero-order valence-corrected chi connectivity index (χ0v) is 13.5. The average Bonchev–Trinajstić information content (AvgIpc) is 2.59. The van der Waals surface area contributed by atoms with E-state index >= 15 is 0 Å². The Labute approximate surface area is 143 Å². The standard InChI is InChI=1S/C17H12F2N2O3S/c18-12-1-6-16(19)17(11-12)25(22,23)21-13-2-4-14(5-3-13)24-15-7-9-20-10-8-15/h1-11,21H. The number of ether oxygens (including phenoxy) is 1. The first-order valence-electron chi connectivity index (χ1n) is 7.10. The molecule has 0 aliphatic rings. The molecule has 1 N–H and O–H groups in total. The maximum Gasteiger partial charge on any atom is 0.264 e. The second-order valence-corrected chi connectivity index (χ2v) is 6.64. The van der Waals surface area contributed by atoms with Gasteiger partial charge in [-0.3, -0.25) is 9.71 Å². The number of rotatable bonds is 5. The van der Waals surface area contributed by atoms with Gasteiger partial charge in [-0.2, -0.15) is 0 Å². The van der Waals surface area contributed by atoms with E-state index in [9.17, 15) is 17.2 Å². The third-order valence-electron chi connectivity index (χ3n) is 3.17. The van der Waals surface area contributed by atoms with Gasteiger partial charge in [0.15, 0.2) is 0 Å². The summed E-state index contributed by atoms with van der Waals surface area (Å²) in [6.07, 6.45) is 3.15. The SMILES string of the molecule is O=S(=O)(Nc1ccc(Oc2ccncc2)cc1)c1cc(F)ccc1F. The van der Waals surface area contributed by atoms with E-state index in [1.54, 1.807) is 36.7 Å². The summed E-state index contributed by atoms with van der Waals surface area (Å²) in [6, 6.07) is 11.6. The number of pyridine rings is 1. The zero-order chi connectivity index (χ0) is 17.9. The van der Waals surface area contributed by atoms with Crippen LogP contribution in [0, 0.1) is 11.6 Å².